The first kappa shape index (κ1) is 15.3. The van der Waals surface area contributed by atoms with Crippen LogP contribution in [-0.2, 0) is 0 Å². The minimum absolute atomic E-state index is 0.171. The molecule has 0 bridgehead atoms. The van der Waals surface area contributed by atoms with Crippen molar-refractivity contribution >= 4 is 0 Å². The zero-order valence-corrected chi connectivity index (χ0v) is 11.4. The van der Waals surface area contributed by atoms with Gasteiger partial charge >= 0.3 is 0 Å². The minimum atomic E-state index is -0.713. The van der Waals surface area contributed by atoms with E-state index in [0.717, 1.165) is 6.07 Å². The van der Waals surface area contributed by atoms with Crippen molar-refractivity contribution in [3.63, 3.8) is 0 Å². The van der Waals surface area contributed by atoms with Crippen molar-refractivity contribution in [1.82, 2.24) is 10.2 Å². The third-order valence-corrected chi connectivity index (χ3v) is 3.70. The number of hydrogen-bond donors (Lipinski definition) is 3. The van der Waals surface area contributed by atoms with Crippen molar-refractivity contribution in [1.29, 1.82) is 0 Å². The largest absolute Gasteiger partial charge is 0.389 e. The maximum absolute atomic E-state index is 13.2. The summed E-state index contributed by atoms with van der Waals surface area (Å²) in [5, 5.41) is 22.0. The Bertz CT molecular complexity index is 429. The van der Waals surface area contributed by atoms with Gasteiger partial charge in [-0.1, -0.05) is 0 Å². The molecular formula is C14H20F2N2O2. The van der Waals surface area contributed by atoms with Crippen molar-refractivity contribution in [2.75, 3.05) is 26.7 Å². The van der Waals surface area contributed by atoms with Gasteiger partial charge in [0.25, 0.3) is 0 Å². The van der Waals surface area contributed by atoms with Crippen molar-refractivity contribution < 1.29 is 19.0 Å². The van der Waals surface area contributed by atoms with Gasteiger partial charge < -0.3 is 15.5 Å². The van der Waals surface area contributed by atoms with Crippen LogP contribution in [0.2, 0.25) is 0 Å². The van der Waals surface area contributed by atoms with E-state index in [1.54, 1.807) is 7.05 Å². The molecule has 1 aliphatic heterocycles. The summed E-state index contributed by atoms with van der Waals surface area (Å²) in [5.74, 6) is -1.18. The van der Waals surface area contributed by atoms with Crippen molar-refractivity contribution in [3.05, 3.63) is 35.4 Å². The molecule has 20 heavy (non-hydrogen) atoms. The Morgan fingerprint density at radius 2 is 1.75 bits per heavy atom. The zero-order chi connectivity index (χ0) is 14.7. The predicted molar refractivity (Wildman–Crippen MR) is 71.2 cm³/mol. The summed E-state index contributed by atoms with van der Waals surface area (Å²) in [4.78, 5) is 1.94. The van der Waals surface area contributed by atoms with E-state index in [9.17, 15) is 19.0 Å². The van der Waals surface area contributed by atoms with E-state index in [1.807, 2.05) is 4.90 Å². The Morgan fingerprint density at radius 3 is 2.25 bits per heavy atom. The number of hydrogen-bond acceptors (Lipinski definition) is 4. The molecule has 0 radical (unpaired) electrons. The molecule has 112 valence electrons. The summed E-state index contributed by atoms with van der Waals surface area (Å²) < 4.78 is 26.4. The zero-order valence-electron chi connectivity index (χ0n) is 11.4. The third kappa shape index (κ3) is 3.73. The fourth-order valence-corrected chi connectivity index (χ4v) is 2.60. The number of nitrogens with one attached hydrogen (secondary N) is 1. The second-order valence-electron chi connectivity index (χ2n) is 5.23. The first-order valence-corrected chi connectivity index (χ1v) is 6.71. The molecule has 0 aromatic heterocycles. The lowest BCUT2D eigenvalue weighted by Crippen LogP contribution is -2.27. The number of rotatable bonds is 5. The summed E-state index contributed by atoms with van der Waals surface area (Å²) >= 11 is 0. The molecule has 6 heteroatoms. The lowest BCUT2D eigenvalue weighted by atomic mass is 10.0. The Balaban J connectivity index is 1.95. The van der Waals surface area contributed by atoms with Crippen LogP contribution in [0.4, 0.5) is 8.78 Å². The van der Waals surface area contributed by atoms with Gasteiger partial charge in [-0.3, -0.25) is 4.90 Å². The Kier molecular flexibility index (Phi) is 5.04. The molecule has 0 aliphatic carbocycles. The first-order valence-electron chi connectivity index (χ1n) is 6.71. The summed E-state index contributed by atoms with van der Waals surface area (Å²) in [7, 11) is 1.74. The molecule has 1 aromatic rings. The molecule has 0 saturated carbocycles. The predicted octanol–water partition coefficient (Wildman–Crippen LogP) is 0.653. The summed E-state index contributed by atoms with van der Waals surface area (Å²) in [6, 6.07) is 3.31. The number of nitrogens with zero attached hydrogens (tertiary/aromatic N) is 1. The normalized spacial score (nSPS) is 25.1. The van der Waals surface area contributed by atoms with Crippen LogP contribution in [0.25, 0.3) is 0 Å². The van der Waals surface area contributed by atoms with E-state index in [0.29, 0.717) is 31.6 Å². The highest BCUT2D eigenvalue weighted by Crippen LogP contribution is 2.20. The first-order chi connectivity index (χ1) is 9.49. The van der Waals surface area contributed by atoms with E-state index >= 15 is 0 Å². The molecule has 0 amide bonds. The lowest BCUT2D eigenvalue weighted by molar-refractivity contribution is 0.0572. The monoisotopic (exact) mass is 286 g/mol. The van der Waals surface area contributed by atoms with Gasteiger partial charge in [0.1, 0.15) is 11.6 Å². The number of aliphatic hydroxyl groups excluding tert-OH is 2. The van der Waals surface area contributed by atoms with Gasteiger partial charge in [0, 0.05) is 31.7 Å². The van der Waals surface area contributed by atoms with Gasteiger partial charge in [-0.2, -0.15) is 0 Å². The van der Waals surface area contributed by atoms with Crippen LogP contribution in [-0.4, -0.2) is 54.0 Å². The van der Waals surface area contributed by atoms with Gasteiger partial charge in [-0.15, -0.1) is 0 Å². The standard InChI is InChI=1S/C14H20F2N2O2/c1-17-12(9-4-10(15)6-11(16)5-9)2-3-18-7-13(19)14(20)8-18/h4-6,12-14,17,19-20H,2-3,7-8H2,1H3. The molecule has 3 atom stereocenters. The fourth-order valence-electron chi connectivity index (χ4n) is 2.60. The summed E-state index contributed by atoms with van der Waals surface area (Å²) in [6.45, 7) is 1.49. The maximum Gasteiger partial charge on any atom is 0.126 e. The second kappa shape index (κ2) is 6.58. The molecule has 1 aromatic carbocycles. The van der Waals surface area contributed by atoms with E-state index < -0.39 is 23.8 Å². The highest BCUT2D eigenvalue weighted by molar-refractivity contribution is 5.21. The van der Waals surface area contributed by atoms with Crippen LogP contribution in [0, 0.1) is 11.6 Å². The molecule has 0 spiro atoms. The van der Waals surface area contributed by atoms with E-state index in [1.165, 1.54) is 12.1 Å². The Morgan fingerprint density at radius 1 is 1.20 bits per heavy atom. The molecule has 1 aliphatic rings. The SMILES string of the molecule is CNC(CCN1CC(O)C(O)C1)c1cc(F)cc(F)c1. The highest BCUT2D eigenvalue weighted by Gasteiger charge is 2.29. The Labute approximate surface area is 117 Å². The number of halogens is 2. The smallest absolute Gasteiger partial charge is 0.126 e. The average Bonchev–Trinajstić information content (AvgIpc) is 2.68. The molecule has 2 rings (SSSR count). The molecular weight excluding hydrogens is 266 g/mol. The molecule has 3 unspecified atom stereocenters. The Hall–Kier alpha value is -1.08. The fraction of sp³-hybridized carbons (Fsp3) is 0.571. The topological polar surface area (TPSA) is 55.7 Å². The van der Waals surface area contributed by atoms with E-state index in [4.69, 9.17) is 0 Å². The number of benzene rings is 1. The van der Waals surface area contributed by atoms with Crippen LogP contribution in [0.5, 0.6) is 0 Å². The van der Waals surface area contributed by atoms with Gasteiger partial charge in [0.05, 0.1) is 12.2 Å². The molecule has 1 fully saturated rings. The number of β-amino-alcohol motifs (C(OH)–C–C–N with tert-alkyl or cyclic N) is 2. The number of likely N-dealkylation sites (tertiary alicyclic amines) is 1. The van der Waals surface area contributed by atoms with Gasteiger partial charge in [-0.25, -0.2) is 8.78 Å². The van der Waals surface area contributed by atoms with Crippen LogP contribution in [0.15, 0.2) is 18.2 Å². The quantitative estimate of drug-likeness (QED) is 0.744. The van der Waals surface area contributed by atoms with Crippen LogP contribution >= 0.6 is 0 Å². The van der Waals surface area contributed by atoms with Crippen molar-refractivity contribution in [2.24, 2.45) is 0 Å². The van der Waals surface area contributed by atoms with Crippen LogP contribution in [0.3, 0.4) is 0 Å². The number of aliphatic hydroxyl groups is 2. The average molecular weight is 286 g/mol. The van der Waals surface area contributed by atoms with Crippen molar-refractivity contribution in [3.8, 4) is 0 Å². The molecule has 3 N–H and O–H groups in total. The van der Waals surface area contributed by atoms with Crippen molar-refractivity contribution in [2.45, 2.75) is 24.7 Å². The van der Waals surface area contributed by atoms with Gasteiger partial charge in [-0.05, 0) is 31.2 Å². The summed E-state index contributed by atoms with van der Waals surface area (Å²) in [5.41, 5.74) is 0.560. The molecule has 1 saturated heterocycles. The second-order valence-corrected chi connectivity index (χ2v) is 5.23. The lowest BCUT2D eigenvalue weighted by Gasteiger charge is -2.21. The van der Waals surface area contributed by atoms with Gasteiger partial charge in [0.15, 0.2) is 0 Å². The van der Waals surface area contributed by atoms with Gasteiger partial charge in [0.2, 0.25) is 0 Å². The highest BCUT2D eigenvalue weighted by atomic mass is 19.1. The third-order valence-electron chi connectivity index (χ3n) is 3.70. The van der Waals surface area contributed by atoms with Crippen LogP contribution < -0.4 is 5.32 Å². The van der Waals surface area contributed by atoms with E-state index in [2.05, 4.69) is 5.32 Å². The summed E-state index contributed by atoms with van der Waals surface area (Å²) in [6.07, 6.45) is -0.789. The minimum Gasteiger partial charge on any atom is -0.389 e. The van der Waals surface area contributed by atoms with E-state index in [-0.39, 0.29) is 6.04 Å². The molecule has 4 nitrogen and oxygen atoms in total. The van der Waals surface area contributed by atoms with Crippen LogP contribution in [0.1, 0.15) is 18.0 Å². The molecule has 1 heterocycles. The maximum atomic E-state index is 13.2.